The largest absolute Gasteiger partial charge is 0.479 e. The Bertz CT molecular complexity index is 419. The number of rotatable bonds is 5. The molecule has 86 valence electrons. The Balaban J connectivity index is 2.88. The van der Waals surface area contributed by atoms with Crippen LogP contribution in [-0.4, -0.2) is 17.3 Å². The summed E-state index contributed by atoms with van der Waals surface area (Å²) in [5, 5.41) is 10.6. The monoisotopic (exact) mass is 227 g/mol. The van der Waals surface area contributed by atoms with Crippen LogP contribution >= 0.6 is 0 Å². The van der Waals surface area contributed by atoms with Gasteiger partial charge in [0.05, 0.1) is 4.92 Å². The molecule has 0 N–H and O–H groups in total. The van der Waals surface area contributed by atoms with E-state index in [2.05, 4.69) is 0 Å². The minimum absolute atomic E-state index is 0.210. The summed E-state index contributed by atoms with van der Waals surface area (Å²) in [6, 6.07) is 2.86. The summed E-state index contributed by atoms with van der Waals surface area (Å²) in [5.41, 5.74) is -0.356. The second-order valence-corrected chi connectivity index (χ2v) is 3.05. The fourth-order valence-corrected chi connectivity index (χ4v) is 1.01. The zero-order valence-corrected chi connectivity index (χ0v) is 8.60. The molecule has 1 aromatic rings. The Morgan fingerprint density at radius 2 is 2.25 bits per heavy atom. The number of hydrogen-bond donors (Lipinski definition) is 0. The van der Waals surface area contributed by atoms with Crippen LogP contribution < -0.4 is 4.74 Å². The molecule has 1 rings (SSSR count). The van der Waals surface area contributed by atoms with Gasteiger partial charge in [-0.1, -0.05) is 6.92 Å². The lowest BCUT2D eigenvalue weighted by Crippen LogP contribution is -2.10. The third kappa shape index (κ3) is 3.01. The average molecular weight is 227 g/mol. The normalized spacial score (nSPS) is 9.88. The molecule has 0 unspecified atom stereocenters. The SMILES string of the molecule is CCC(=O)COc1cc(F)ccc1[N+](=O)[O-]. The molecular weight excluding hydrogens is 217 g/mol. The molecule has 1 aromatic carbocycles. The van der Waals surface area contributed by atoms with Crippen LogP contribution in [0.5, 0.6) is 5.75 Å². The van der Waals surface area contributed by atoms with Crippen LogP contribution in [0.15, 0.2) is 18.2 Å². The van der Waals surface area contributed by atoms with Crippen molar-refractivity contribution in [2.45, 2.75) is 13.3 Å². The second-order valence-electron chi connectivity index (χ2n) is 3.05. The number of hydrogen-bond acceptors (Lipinski definition) is 4. The number of nitrogens with zero attached hydrogens (tertiary/aromatic N) is 1. The maximum absolute atomic E-state index is 12.8. The molecule has 0 aliphatic carbocycles. The molecule has 5 nitrogen and oxygen atoms in total. The summed E-state index contributed by atoms with van der Waals surface area (Å²) in [4.78, 5) is 20.8. The van der Waals surface area contributed by atoms with Crippen LogP contribution in [0, 0.1) is 15.9 Å². The third-order valence-corrected chi connectivity index (χ3v) is 1.90. The summed E-state index contributed by atoms with van der Waals surface area (Å²) in [6.45, 7) is 1.35. The lowest BCUT2D eigenvalue weighted by molar-refractivity contribution is -0.385. The first kappa shape index (κ1) is 12.1. The van der Waals surface area contributed by atoms with E-state index in [1.54, 1.807) is 6.92 Å². The van der Waals surface area contributed by atoms with E-state index < -0.39 is 10.7 Å². The molecule has 0 atom stereocenters. The van der Waals surface area contributed by atoms with Crippen molar-refractivity contribution in [3.05, 3.63) is 34.1 Å². The van der Waals surface area contributed by atoms with E-state index >= 15 is 0 Å². The van der Waals surface area contributed by atoms with Crippen LogP contribution in [-0.2, 0) is 4.79 Å². The predicted molar refractivity (Wildman–Crippen MR) is 53.8 cm³/mol. The number of benzene rings is 1. The highest BCUT2D eigenvalue weighted by Crippen LogP contribution is 2.27. The Morgan fingerprint density at radius 1 is 1.56 bits per heavy atom. The van der Waals surface area contributed by atoms with Gasteiger partial charge in [0.25, 0.3) is 0 Å². The highest BCUT2D eigenvalue weighted by atomic mass is 19.1. The van der Waals surface area contributed by atoms with E-state index in [-0.39, 0.29) is 30.2 Å². The molecule has 0 heterocycles. The molecule has 0 spiro atoms. The quantitative estimate of drug-likeness (QED) is 0.570. The fraction of sp³-hybridized carbons (Fsp3) is 0.300. The predicted octanol–water partition coefficient (Wildman–Crippen LogP) is 2.09. The lowest BCUT2D eigenvalue weighted by atomic mass is 10.3. The number of Topliss-reactive ketones (excluding diaryl/α,β-unsaturated/α-hetero) is 1. The third-order valence-electron chi connectivity index (χ3n) is 1.90. The van der Waals surface area contributed by atoms with Crippen molar-refractivity contribution < 1.29 is 18.8 Å². The molecule has 0 aromatic heterocycles. The molecule has 0 amide bonds. The van der Waals surface area contributed by atoms with E-state index in [0.717, 1.165) is 18.2 Å². The molecule has 0 aliphatic heterocycles. The van der Waals surface area contributed by atoms with Crippen LogP contribution in [0.25, 0.3) is 0 Å². The molecule has 0 bridgehead atoms. The van der Waals surface area contributed by atoms with Crippen LogP contribution in [0.1, 0.15) is 13.3 Å². The van der Waals surface area contributed by atoms with Crippen LogP contribution in [0.3, 0.4) is 0 Å². The van der Waals surface area contributed by atoms with Crippen LogP contribution in [0.2, 0.25) is 0 Å². The number of halogens is 1. The van der Waals surface area contributed by atoms with Gasteiger partial charge in [-0.3, -0.25) is 14.9 Å². The number of carbonyl (C=O) groups is 1. The number of nitro benzene ring substituents is 1. The molecule has 0 saturated carbocycles. The number of carbonyl (C=O) groups excluding carboxylic acids is 1. The number of ketones is 1. The van der Waals surface area contributed by atoms with Gasteiger partial charge in [-0.15, -0.1) is 0 Å². The van der Waals surface area contributed by atoms with Gasteiger partial charge in [0.15, 0.2) is 11.5 Å². The van der Waals surface area contributed by atoms with Crippen molar-refractivity contribution in [1.82, 2.24) is 0 Å². The van der Waals surface area contributed by atoms with E-state index in [0.29, 0.717) is 0 Å². The molecule has 16 heavy (non-hydrogen) atoms. The zero-order chi connectivity index (χ0) is 12.1. The summed E-state index contributed by atoms with van der Waals surface area (Å²) in [5.74, 6) is -1.09. The maximum atomic E-state index is 12.8. The van der Waals surface area contributed by atoms with Gasteiger partial charge in [0.2, 0.25) is 0 Å². The molecule has 0 radical (unpaired) electrons. The molecule has 0 aliphatic rings. The van der Waals surface area contributed by atoms with Crippen molar-refractivity contribution in [3.8, 4) is 5.75 Å². The van der Waals surface area contributed by atoms with E-state index in [1.807, 2.05) is 0 Å². The van der Waals surface area contributed by atoms with E-state index in [1.165, 1.54) is 0 Å². The molecule has 0 saturated heterocycles. The van der Waals surface area contributed by atoms with Crippen molar-refractivity contribution in [1.29, 1.82) is 0 Å². The first-order valence-corrected chi connectivity index (χ1v) is 4.63. The van der Waals surface area contributed by atoms with Gasteiger partial charge in [0.1, 0.15) is 12.4 Å². The Hall–Kier alpha value is -1.98. The Morgan fingerprint density at radius 3 is 2.81 bits per heavy atom. The van der Waals surface area contributed by atoms with Crippen molar-refractivity contribution in [2.24, 2.45) is 0 Å². The Labute approximate surface area is 91.0 Å². The van der Waals surface area contributed by atoms with Gasteiger partial charge in [0, 0.05) is 18.6 Å². The Kier molecular flexibility index (Phi) is 3.93. The van der Waals surface area contributed by atoms with Gasteiger partial charge in [-0.05, 0) is 6.07 Å². The zero-order valence-electron chi connectivity index (χ0n) is 8.60. The maximum Gasteiger partial charge on any atom is 0.311 e. The van der Waals surface area contributed by atoms with Gasteiger partial charge in [-0.2, -0.15) is 0 Å². The smallest absolute Gasteiger partial charge is 0.311 e. The van der Waals surface area contributed by atoms with Crippen molar-refractivity contribution >= 4 is 11.5 Å². The molecule has 6 heteroatoms. The summed E-state index contributed by atoms with van der Waals surface area (Å²) in [7, 11) is 0. The van der Waals surface area contributed by atoms with Crippen molar-refractivity contribution in [3.63, 3.8) is 0 Å². The fourth-order valence-electron chi connectivity index (χ4n) is 1.01. The molecule has 0 fully saturated rings. The van der Waals surface area contributed by atoms with Gasteiger partial charge >= 0.3 is 5.69 Å². The minimum atomic E-state index is -0.689. The summed E-state index contributed by atoms with van der Waals surface area (Å²) in [6.07, 6.45) is 0.267. The van der Waals surface area contributed by atoms with E-state index in [9.17, 15) is 19.3 Å². The van der Waals surface area contributed by atoms with Gasteiger partial charge in [-0.25, -0.2) is 4.39 Å². The molecular formula is C10H10FNO4. The first-order chi connectivity index (χ1) is 7.54. The lowest BCUT2D eigenvalue weighted by Gasteiger charge is -2.05. The summed E-state index contributed by atoms with van der Waals surface area (Å²) < 4.78 is 17.7. The highest BCUT2D eigenvalue weighted by Gasteiger charge is 2.16. The first-order valence-electron chi connectivity index (χ1n) is 4.63. The van der Waals surface area contributed by atoms with Gasteiger partial charge < -0.3 is 4.74 Å². The topological polar surface area (TPSA) is 69.4 Å². The minimum Gasteiger partial charge on any atom is -0.479 e. The summed E-state index contributed by atoms with van der Waals surface area (Å²) >= 11 is 0. The van der Waals surface area contributed by atoms with Crippen molar-refractivity contribution in [2.75, 3.05) is 6.61 Å². The average Bonchev–Trinajstić information content (AvgIpc) is 2.25. The number of nitro groups is 1. The van der Waals surface area contributed by atoms with Crippen LogP contribution in [0.4, 0.5) is 10.1 Å². The highest BCUT2D eigenvalue weighted by molar-refractivity contribution is 5.79. The van der Waals surface area contributed by atoms with E-state index in [4.69, 9.17) is 4.74 Å². The standard InChI is InChI=1S/C10H10FNO4/c1-2-8(13)6-16-10-5-7(11)3-4-9(10)12(14)15/h3-5H,2,6H2,1H3. The number of ether oxygens (including phenoxy) is 1. The second kappa shape index (κ2) is 5.20.